The molecule has 2 amide bonds. The Hall–Kier alpha value is -2.82. The van der Waals surface area contributed by atoms with Gasteiger partial charge in [0, 0.05) is 22.2 Å². The highest BCUT2D eigenvalue weighted by Gasteiger charge is 2.55. The fraction of sp³-hybridized carbons (Fsp3) is 0.200. The molecule has 0 bridgehead atoms. The van der Waals surface area contributed by atoms with Crippen LogP contribution in [0.3, 0.4) is 0 Å². The predicted molar refractivity (Wildman–Crippen MR) is 125 cm³/mol. The molecule has 0 aliphatic carbocycles. The van der Waals surface area contributed by atoms with E-state index in [4.69, 9.17) is 23.2 Å². The van der Waals surface area contributed by atoms with Gasteiger partial charge in [-0.1, -0.05) is 71.7 Å². The van der Waals surface area contributed by atoms with Gasteiger partial charge in [0.2, 0.25) is 11.8 Å². The first kappa shape index (κ1) is 21.4. The zero-order valence-electron chi connectivity index (χ0n) is 17.0. The Balaban J connectivity index is 0.000000282. The van der Waals surface area contributed by atoms with E-state index in [1.54, 1.807) is 12.1 Å². The van der Waals surface area contributed by atoms with Gasteiger partial charge in [0.15, 0.2) is 0 Å². The number of hydrogen-bond acceptors (Lipinski definition) is 2. The normalized spacial score (nSPS) is 21.6. The lowest BCUT2D eigenvalue weighted by Gasteiger charge is -2.41. The molecule has 0 unspecified atom stereocenters. The van der Waals surface area contributed by atoms with E-state index in [2.05, 4.69) is 10.6 Å². The first-order chi connectivity index (χ1) is 14.9. The van der Waals surface area contributed by atoms with Gasteiger partial charge in [-0.15, -0.1) is 0 Å². The lowest BCUT2D eigenvalue weighted by atomic mass is 9.67. The van der Waals surface area contributed by atoms with Gasteiger partial charge in [-0.25, -0.2) is 0 Å². The molecular formula is C25H22Cl2N2O2. The van der Waals surface area contributed by atoms with Gasteiger partial charge >= 0.3 is 0 Å². The number of nitrogens with one attached hydrogen (secondary N) is 2. The summed E-state index contributed by atoms with van der Waals surface area (Å²) in [5.41, 5.74) is 2.88. The molecule has 4 nitrogen and oxygen atoms in total. The van der Waals surface area contributed by atoms with Gasteiger partial charge in [-0.2, -0.15) is 0 Å². The van der Waals surface area contributed by atoms with Crippen LogP contribution in [0.4, 0.5) is 5.69 Å². The SMILES string of the molecule is Cc1ccccc1[C@H]1NC(=O)CC[C@]12C(=O)Nc1cc(Cl)ccc12.Clc1ccccc1. The van der Waals surface area contributed by atoms with E-state index in [0.717, 1.165) is 27.4 Å². The molecule has 1 saturated heterocycles. The monoisotopic (exact) mass is 452 g/mol. The zero-order chi connectivity index (χ0) is 22.0. The predicted octanol–water partition coefficient (Wildman–Crippen LogP) is 5.83. The maximum absolute atomic E-state index is 13.0. The van der Waals surface area contributed by atoms with Gasteiger partial charge < -0.3 is 10.6 Å². The molecule has 3 aromatic carbocycles. The number of amides is 2. The summed E-state index contributed by atoms with van der Waals surface area (Å²) in [6.07, 6.45) is 0.816. The van der Waals surface area contributed by atoms with Crippen LogP contribution in [-0.2, 0) is 15.0 Å². The molecule has 2 heterocycles. The molecule has 158 valence electrons. The van der Waals surface area contributed by atoms with Crippen molar-refractivity contribution in [3.05, 3.63) is 99.5 Å². The number of carbonyl (C=O) groups excluding carboxylic acids is 2. The third-order valence-electron chi connectivity index (χ3n) is 5.89. The van der Waals surface area contributed by atoms with E-state index in [1.165, 1.54) is 0 Å². The maximum atomic E-state index is 13.0. The minimum atomic E-state index is -0.792. The molecule has 2 aliphatic heterocycles. The summed E-state index contributed by atoms with van der Waals surface area (Å²) in [7, 11) is 0. The molecule has 5 rings (SSSR count). The first-order valence-electron chi connectivity index (χ1n) is 10.1. The van der Waals surface area contributed by atoms with E-state index in [-0.39, 0.29) is 17.9 Å². The second-order valence-electron chi connectivity index (χ2n) is 7.77. The van der Waals surface area contributed by atoms with E-state index in [0.29, 0.717) is 17.9 Å². The molecular weight excluding hydrogens is 431 g/mol. The Morgan fingerprint density at radius 2 is 1.61 bits per heavy atom. The number of fused-ring (bicyclic) bond motifs is 2. The summed E-state index contributed by atoms with van der Waals surface area (Å²) in [5, 5.41) is 7.39. The van der Waals surface area contributed by atoms with Crippen LogP contribution in [0.2, 0.25) is 10.0 Å². The van der Waals surface area contributed by atoms with Crippen molar-refractivity contribution in [3.8, 4) is 0 Å². The number of aryl methyl sites for hydroxylation is 1. The number of hydrogen-bond donors (Lipinski definition) is 2. The number of piperidine rings is 1. The molecule has 2 N–H and O–H groups in total. The quantitative estimate of drug-likeness (QED) is 0.487. The van der Waals surface area contributed by atoms with E-state index < -0.39 is 5.41 Å². The molecule has 0 saturated carbocycles. The fourth-order valence-electron chi connectivity index (χ4n) is 4.38. The van der Waals surface area contributed by atoms with Crippen molar-refractivity contribution < 1.29 is 9.59 Å². The Kier molecular flexibility index (Phi) is 6.03. The highest BCUT2D eigenvalue weighted by Crippen LogP contribution is 2.51. The van der Waals surface area contributed by atoms with E-state index in [1.807, 2.05) is 67.6 Å². The van der Waals surface area contributed by atoms with Crippen LogP contribution in [-0.4, -0.2) is 11.8 Å². The summed E-state index contributed by atoms with van der Waals surface area (Å²) < 4.78 is 0. The van der Waals surface area contributed by atoms with Gasteiger partial charge in [0.1, 0.15) is 5.41 Å². The fourth-order valence-corrected chi connectivity index (χ4v) is 4.70. The molecule has 1 fully saturated rings. The minimum absolute atomic E-state index is 0.0240. The van der Waals surface area contributed by atoms with Crippen LogP contribution >= 0.6 is 23.2 Å². The molecule has 3 aromatic rings. The number of anilines is 1. The summed E-state index contributed by atoms with van der Waals surface area (Å²) >= 11 is 11.6. The average molecular weight is 453 g/mol. The standard InChI is InChI=1S/C19H17ClN2O2.C6H5Cl/c1-11-4-2-3-5-13(11)17-19(9-8-16(23)22-17)14-7-6-12(20)10-15(14)21-18(19)24;7-6-4-2-1-3-5-6/h2-7,10,17H,8-9H2,1H3,(H,21,24)(H,22,23);1-5H/t17-,19-;/m1./s1. The largest absolute Gasteiger partial charge is 0.348 e. The van der Waals surface area contributed by atoms with Crippen LogP contribution in [0.1, 0.15) is 35.6 Å². The summed E-state index contributed by atoms with van der Waals surface area (Å²) in [5.74, 6) is -0.0999. The lowest BCUT2D eigenvalue weighted by Crippen LogP contribution is -2.52. The van der Waals surface area contributed by atoms with Gasteiger partial charge in [-0.3, -0.25) is 9.59 Å². The zero-order valence-corrected chi connectivity index (χ0v) is 18.5. The maximum Gasteiger partial charge on any atom is 0.237 e. The van der Waals surface area contributed by atoms with Crippen molar-refractivity contribution in [1.82, 2.24) is 5.32 Å². The molecule has 0 aromatic heterocycles. The Morgan fingerprint density at radius 3 is 2.29 bits per heavy atom. The van der Waals surface area contributed by atoms with Crippen molar-refractivity contribution >= 4 is 40.7 Å². The number of rotatable bonds is 1. The summed E-state index contributed by atoms with van der Waals surface area (Å²) in [6, 6.07) is 22.4. The molecule has 31 heavy (non-hydrogen) atoms. The van der Waals surface area contributed by atoms with Crippen molar-refractivity contribution in [2.24, 2.45) is 0 Å². The van der Waals surface area contributed by atoms with Crippen molar-refractivity contribution in [2.45, 2.75) is 31.2 Å². The third kappa shape index (κ3) is 4.06. The molecule has 2 aliphatic rings. The van der Waals surface area contributed by atoms with Crippen molar-refractivity contribution in [3.63, 3.8) is 0 Å². The smallest absolute Gasteiger partial charge is 0.237 e. The first-order valence-corrected chi connectivity index (χ1v) is 10.8. The van der Waals surface area contributed by atoms with Crippen LogP contribution in [0, 0.1) is 6.92 Å². The van der Waals surface area contributed by atoms with Crippen LogP contribution < -0.4 is 10.6 Å². The van der Waals surface area contributed by atoms with Crippen LogP contribution in [0.5, 0.6) is 0 Å². The lowest BCUT2D eigenvalue weighted by molar-refractivity contribution is -0.130. The van der Waals surface area contributed by atoms with E-state index in [9.17, 15) is 9.59 Å². The van der Waals surface area contributed by atoms with E-state index >= 15 is 0 Å². The van der Waals surface area contributed by atoms with Gasteiger partial charge in [0.25, 0.3) is 0 Å². The van der Waals surface area contributed by atoms with Crippen molar-refractivity contribution in [2.75, 3.05) is 5.32 Å². The highest BCUT2D eigenvalue weighted by atomic mass is 35.5. The second kappa shape index (κ2) is 8.74. The molecule has 2 atom stereocenters. The molecule has 1 spiro atoms. The molecule has 6 heteroatoms. The van der Waals surface area contributed by atoms with Gasteiger partial charge in [-0.05, 0) is 54.3 Å². The van der Waals surface area contributed by atoms with Crippen LogP contribution in [0.25, 0.3) is 0 Å². The number of benzene rings is 3. The second-order valence-corrected chi connectivity index (χ2v) is 8.64. The third-order valence-corrected chi connectivity index (χ3v) is 6.38. The number of halogens is 2. The van der Waals surface area contributed by atoms with Gasteiger partial charge in [0.05, 0.1) is 6.04 Å². The Morgan fingerprint density at radius 1 is 0.903 bits per heavy atom. The Bertz CT molecular complexity index is 1130. The topological polar surface area (TPSA) is 58.2 Å². The minimum Gasteiger partial charge on any atom is -0.348 e. The van der Waals surface area contributed by atoms with Crippen molar-refractivity contribution in [1.29, 1.82) is 0 Å². The summed E-state index contributed by atoms with van der Waals surface area (Å²) in [4.78, 5) is 25.1. The van der Waals surface area contributed by atoms with Crippen LogP contribution in [0.15, 0.2) is 72.8 Å². The highest BCUT2D eigenvalue weighted by molar-refractivity contribution is 6.31. The Labute approximate surface area is 191 Å². The molecule has 0 radical (unpaired) electrons. The average Bonchev–Trinajstić information content (AvgIpc) is 3.02. The summed E-state index contributed by atoms with van der Waals surface area (Å²) in [6.45, 7) is 2.00. The number of carbonyl (C=O) groups is 2.